The van der Waals surface area contributed by atoms with Gasteiger partial charge in [-0.25, -0.2) is 9.18 Å². The maximum Gasteiger partial charge on any atom is 0.338 e. The lowest BCUT2D eigenvalue weighted by atomic mass is 10.1. The number of amides is 2. The zero-order valence-electron chi connectivity index (χ0n) is 11.8. The van der Waals surface area contributed by atoms with Crippen molar-refractivity contribution < 1.29 is 23.9 Å². The summed E-state index contributed by atoms with van der Waals surface area (Å²) in [6.07, 6.45) is 1.76. The second kappa shape index (κ2) is 7.37. The van der Waals surface area contributed by atoms with Gasteiger partial charge < -0.3 is 15.7 Å². The molecule has 1 rings (SSSR count). The van der Waals surface area contributed by atoms with Crippen LogP contribution in [0.5, 0.6) is 0 Å². The van der Waals surface area contributed by atoms with E-state index >= 15 is 0 Å². The van der Waals surface area contributed by atoms with Gasteiger partial charge in [-0.2, -0.15) is 0 Å². The van der Waals surface area contributed by atoms with Crippen LogP contribution in [0.4, 0.5) is 15.8 Å². The summed E-state index contributed by atoms with van der Waals surface area (Å²) in [4.78, 5) is 33.7. The molecule has 0 heterocycles. The van der Waals surface area contributed by atoms with E-state index in [2.05, 4.69) is 10.6 Å². The Labute approximate surface area is 121 Å². The minimum atomic E-state index is -1.45. The Morgan fingerprint density at radius 1 is 1.19 bits per heavy atom. The van der Waals surface area contributed by atoms with Crippen LogP contribution in [0.2, 0.25) is 0 Å². The molecule has 3 N–H and O–H groups in total. The number of hydrogen-bond acceptors (Lipinski definition) is 3. The molecule has 0 aliphatic rings. The lowest BCUT2D eigenvalue weighted by molar-refractivity contribution is -0.116. The lowest BCUT2D eigenvalue weighted by Crippen LogP contribution is -2.16. The minimum Gasteiger partial charge on any atom is -0.478 e. The van der Waals surface area contributed by atoms with Gasteiger partial charge in [0.1, 0.15) is 5.82 Å². The average molecular weight is 296 g/mol. The van der Waals surface area contributed by atoms with Crippen molar-refractivity contribution in [3.63, 3.8) is 0 Å². The lowest BCUT2D eigenvalue weighted by Gasteiger charge is -2.13. The molecular formula is C14H17FN2O4. The number of rotatable bonds is 6. The second-order valence-corrected chi connectivity index (χ2v) is 4.52. The Kier molecular flexibility index (Phi) is 5.83. The van der Waals surface area contributed by atoms with Crippen LogP contribution in [-0.2, 0) is 9.59 Å². The molecule has 0 unspecified atom stereocenters. The van der Waals surface area contributed by atoms with Gasteiger partial charge in [-0.3, -0.25) is 9.59 Å². The van der Waals surface area contributed by atoms with E-state index in [1.807, 2.05) is 6.92 Å². The fourth-order valence-electron chi connectivity index (χ4n) is 1.68. The molecule has 6 nitrogen and oxygen atoms in total. The van der Waals surface area contributed by atoms with Crippen molar-refractivity contribution >= 4 is 29.2 Å². The van der Waals surface area contributed by atoms with Gasteiger partial charge in [0.05, 0.1) is 16.9 Å². The third-order valence-electron chi connectivity index (χ3n) is 2.68. The first-order chi connectivity index (χ1) is 9.85. The van der Waals surface area contributed by atoms with E-state index in [-0.39, 0.29) is 23.7 Å². The Bertz CT molecular complexity index is 572. The summed E-state index contributed by atoms with van der Waals surface area (Å²) in [5, 5.41) is 13.7. The number of hydrogen-bond donors (Lipinski definition) is 3. The van der Waals surface area contributed by atoms with Crippen LogP contribution < -0.4 is 10.6 Å². The summed E-state index contributed by atoms with van der Waals surface area (Å²) >= 11 is 0. The molecule has 0 saturated heterocycles. The van der Waals surface area contributed by atoms with Gasteiger partial charge in [0, 0.05) is 19.4 Å². The van der Waals surface area contributed by atoms with Crippen LogP contribution in [0.1, 0.15) is 43.5 Å². The van der Waals surface area contributed by atoms with E-state index in [0.717, 1.165) is 18.6 Å². The molecule has 1 aromatic carbocycles. The first kappa shape index (κ1) is 16.6. The monoisotopic (exact) mass is 296 g/mol. The van der Waals surface area contributed by atoms with E-state index in [9.17, 15) is 18.8 Å². The van der Waals surface area contributed by atoms with E-state index < -0.39 is 23.3 Å². The fraction of sp³-hybridized carbons (Fsp3) is 0.357. The van der Waals surface area contributed by atoms with Crippen LogP contribution in [-0.4, -0.2) is 22.9 Å². The highest BCUT2D eigenvalue weighted by atomic mass is 19.1. The molecule has 0 bridgehead atoms. The van der Waals surface area contributed by atoms with Crippen molar-refractivity contribution in [3.05, 3.63) is 23.5 Å². The number of benzene rings is 1. The average Bonchev–Trinajstić information content (AvgIpc) is 2.38. The zero-order chi connectivity index (χ0) is 16.0. The van der Waals surface area contributed by atoms with Gasteiger partial charge in [-0.05, 0) is 12.5 Å². The van der Waals surface area contributed by atoms with Gasteiger partial charge in [0.2, 0.25) is 11.8 Å². The molecular weight excluding hydrogens is 279 g/mol. The molecule has 2 amide bonds. The van der Waals surface area contributed by atoms with Crippen LogP contribution >= 0.6 is 0 Å². The van der Waals surface area contributed by atoms with Crippen molar-refractivity contribution in [1.29, 1.82) is 0 Å². The molecule has 0 saturated carbocycles. The molecule has 0 aromatic heterocycles. The molecule has 0 fully saturated rings. The largest absolute Gasteiger partial charge is 0.478 e. The second-order valence-electron chi connectivity index (χ2n) is 4.52. The minimum absolute atomic E-state index is 0.0230. The molecule has 21 heavy (non-hydrogen) atoms. The summed E-state index contributed by atoms with van der Waals surface area (Å²) < 4.78 is 13.6. The van der Waals surface area contributed by atoms with Gasteiger partial charge in [-0.15, -0.1) is 0 Å². The molecule has 0 atom stereocenters. The van der Waals surface area contributed by atoms with Crippen molar-refractivity contribution in [3.8, 4) is 0 Å². The summed E-state index contributed by atoms with van der Waals surface area (Å²) in [5.74, 6) is -3.23. The maximum atomic E-state index is 13.6. The van der Waals surface area contributed by atoms with E-state index in [4.69, 9.17) is 5.11 Å². The third-order valence-corrected chi connectivity index (χ3v) is 2.68. The predicted molar refractivity (Wildman–Crippen MR) is 75.8 cm³/mol. The number of nitrogens with one attached hydrogen (secondary N) is 2. The third kappa shape index (κ3) is 4.87. The summed E-state index contributed by atoms with van der Waals surface area (Å²) in [5.41, 5.74) is -0.491. The topological polar surface area (TPSA) is 95.5 Å². The Morgan fingerprint density at radius 2 is 1.81 bits per heavy atom. The molecule has 0 aliphatic heterocycles. The van der Waals surface area contributed by atoms with Crippen molar-refractivity contribution in [2.75, 3.05) is 10.6 Å². The highest BCUT2D eigenvalue weighted by Gasteiger charge is 2.17. The number of carbonyl (C=O) groups excluding carboxylic acids is 2. The number of aromatic carboxylic acids is 1. The highest BCUT2D eigenvalue weighted by molar-refractivity contribution is 6.01. The first-order valence-corrected chi connectivity index (χ1v) is 6.49. The maximum absolute atomic E-state index is 13.6. The van der Waals surface area contributed by atoms with E-state index in [0.29, 0.717) is 6.42 Å². The highest BCUT2D eigenvalue weighted by Crippen LogP contribution is 2.26. The molecule has 0 aliphatic carbocycles. The SMILES string of the molecule is CCCCC(=O)Nc1cc(C(=O)O)c(F)cc1NC(C)=O. The number of carboxylic acid groups (broad SMARTS) is 1. The van der Waals surface area contributed by atoms with Crippen LogP contribution in [0.25, 0.3) is 0 Å². The number of unbranched alkanes of at least 4 members (excludes halogenated alkanes) is 1. The molecule has 0 radical (unpaired) electrons. The Morgan fingerprint density at radius 3 is 2.33 bits per heavy atom. The molecule has 114 valence electrons. The van der Waals surface area contributed by atoms with Gasteiger partial charge >= 0.3 is 5.97 Å². The van der Waals surface area contributed by atoms with Gasteiger partial charge in [-0.1, -0.05) is 13.3 Å². The predicted octanol–water partition coefficient (Wildman–Crippen LogP) is 2.61. The van der Waals surface area contributed by atoms with E-state index in [1.54, 1.807) is 0 Å². The molecule has 1 aromatic rings. The zero-order valence-corrected chi connectivity index (χ0v) is 11.8. The number of carbonyl (C=O) groups is 3. The summed E-state index contributed by atoms with van der Waals surface area (Å²) in [6.45, 7) is 3.15. The van der Waals surface area contributed by atoms with Crippen molar-refractivity contribution in [2.24, 2.45) is 0 Å². The number of carboxylic acids is 1. The van der Waals surface area contributed by atoms with Crippen LogP contribution in [0.3, 0.4) is 0 Å². The molecule has 0 spiro atoms. The van der Waals surface area contributed by atoms with E-state index in [1.165, 1.54) is 6.92 Å². The smallest absolute Gasteiger partial charge is 0.338 e. The normalized spacial score (nSPS) is 10.0. The van der Waals surface area contributed by atoms with Crippen molar-refractivity contribution in [2.45, 2.75) is 33.1 Å². The van der Waals surface area contributed by atoms with Gasteiger partial charge in [0.25, 0.3) is 0 Å². The Balaban J connectivity index is 3.12. The quantitative estimate of drug-likeness (QED) is 0.752. The van der Waals surface area contributed by atoms with Gasteiger partial charge in [0.15, 0.2) is 0 Å². The number of halogens is 1. The first-order valence-electron chi connectivity index (χ1n) is 6.49. The summed E-state index contributed by atoms with van der Waals surface area (Å²) in [6, 6.07) is 1.87. The van der Waals surface area contributed by atoms with Crippen LogP contribution in [0.15, 0.2) is 12.1 Å². The fourth-order valence-corrected chi connectivity index (χ4v) is 1.68. The summed E-state index contributed by atoms with van der Waals surface area (Å²) in [7, 11) is 0. The standard InChI is InChI=1S/C14H17FN2O4/c1-3-4-5-13(19)17-11-6-9(14(20)21)10(15)7-12(11)16-8(2)18/h6-7H,3-5H2,1-2H3,(H,16,18)(H,17,19)(H,20,21). The molecule has 7 heteroatoms. The van der Waals surface area contributed by atoms with Crippen LogP contribution in [0, 0.1) is 5.82 Å². The Hall–Kier alpha value is -2.44. The number of anilines is 2. The van der Waals surface area contributed by atoms with Crippen molar-refractivity contribution in [1.82, 2.24) is 0 Å².